The quantitative estimate of drug-likeness (QED) is 0.567. The first-order valence-corrected chi connectivity index (χ1v) is 10.2. The van der Waals surface area contributed by atoms with E-state index in [0.29, 0.717) is 13.1 Å². The van der Waals surface area contributed by atoms with Crippen molar-refractivity contribution in [2.45, 2.75) is 16.9 Å². The molecule has 1 aliphatic heterocycles. The first kappa shape index (κ1) is 22.4. The molecule has 0 saturated carbocycles. The number of nitrogens with zero attached hydrogens (tertiary/aromatic N) is 1. The Morgan fingerprint density at radius 3 is 2.71 bits per heavy atom. The van der Waals surface area contributed by atoms with Gasteiger partial charge in [0.05, 0.1) is 6.61 Å². The van der Waals surface area contributed by atoms with E-state index in [-0.39, 0.29) is 54.0 Å². The van der Waals surface area contributed by atoms with Crippen molar-refractivity contribution in [1.82, 2.24) is 14.6 Å². The van der Waals surface area contributed by atoms with E-state index in [9.17, 15) is 13.2 Å². The smallest absolute Gasteiger partial charge is 0.270 e. The minimum Gasteiger partial charge on any atom is -0.383 e. The number of methoxy groups -OCH3 is 1. The molecule has 2 heterocycles. The van der Waals surface area contributed by atoms with E-state index in [4.69, 9.17) is 10.5 Å². The Bertz CT molecular complexity index is 888. The SMILES string of the molecule is COCCNS(=O)(=O)c1c[nH]c(C(=O)N2C[C@@H](N)[C@H](c3ccccc3)C2)c1.Cl. The fourth-order valence-corrected chi connectivity index (χ4v) is 4.24. The molecule has 1 fully saturated rings. The van der Waals surface area contributed by atoms with E-state index < -0.39 is 10.0 Å². The number of aromatic nitrogens is 1. The van der Waals surface area contributed by atoms with Crippen LogP contribution in [0, 0.1) is 0 Å². The second kappa shape index (κ2) is 9.53. The van der Waals surface area contributed by atoms with Crippen LogP contribution in [0.3, 0.4) is 0 Å². The molecule has 8 nitrogen and oxygen atoms in total. The minimum atomic E-state index is -3.69. The maximum atomic E-state index is 12.8. The van der Waals surface area contributed by atoms with Gasteiger partial charge in [0.25, 0.3) is 5.91 Å². The number of carbonyl (C=O) groups excluding carboxylic acids is 1. The van der Waals surface area contributed by atoms with Gasteiger partial charge in [0.2, 0.25) is 10.0 Å². The largest absolute Gasteiger partial charge is 0.383 e. The maximum Gasteiger partial charge on any atom is 0.270 e. The van der Waals surface area contributed by atoms with Crippen molar-refractivity contribution in [2.75, 3.05) is 33.4 Å². The number of hydrogen-bond donors (Lipinski definition) is 3. The number of benzene rings is 1. The molecule has 0 bridgehead atoms. The number of likely N-dealkylation sites (tertiary alicyclic amines) is 1. The number of aromatic amines is 1. The van der Waals surface area contributed by atoms with Crippen molar-refractivity contribution in [3.8, 4) is 0 Å². The van der Waals surface area contributed by atoms with E-state index in [2.05, 4.69) is 9.71 Å². The molecule has 2 atom stereocenters. The lowest BCUT2D eigenvalue weighted by molar-refractivity contribution is 0.0784. The topological polar surface area (TPSA) is 118 Å². The Hall–Kier alpha value is -1.91. The molecule has 4 N–H and O–H groups in total. The summed E-state index contributed by atoms with van der Waals surface area (Å²) in [5.41, 5.74) is 7.56. The van der Waals surface area contributed by atoms with Gasteiger partial charge in [-0.3, -0.25) is 4.79 Å². The van der Waals surface area contributed by atoms with Gasteiger partial charge in [-0.05, 0) is 11.6 Å². The predicted molar refractivity (Wildman–Crippen MR) is 108 cm³/mol. The van der Waals surface area contributed by atoms with Gasteiger partial charge in [0.1, 0.15) is 10.6 Å². The van der Waals surface area contributed by atoms with Crippen molar-refractivity contribution >= 4 is 28.3 Å². The van der Waals surface area contributed by atoms with Crippen molar-refractivity contribution in [3.63, 3.8) is 0 Å². The minimum absolute atomic E-state index is 0. The van der Waals surface area contributed by atoms with Crippen LogP contribution in [0.2, 0.25) is 0 Å². The van der Waals surface area contributed by atoms with Crippen LogP contribution in [0.1, 0.15) is 22.0 Å². The van der Waals surface area contributed by atoms with E-state index >= 15 is 0 Å². The third kappa shape index (κ3) is 4.92. The number of nitrogens with one attached hydrogen (secondary N) is 2. The molecule has 0 radical (unpaired) electrons. The van der Waals surface area contributed by atoms with Crippen molar-refractivity contribution in [1.29, 1.82) is 0 Å². The summed E-state index contributed by atoms with van der Waals surface area (Å²) in [4.78, 5) is 17.2. The summed E-state index contributed by atoms with van der Waals surface area (Å²) in [6, 6.07) is 11.0. The Labute approximate surface area is 170 Å². The molecule has 0 aliphatic carbocycles. The van der Waals surface area contributed by atoms with Gasteiger partial charge in [0, 0.05) is 44.9 Å². The van der Waals surface area contributed by atoms with Gasteiger partial charge in [0.15, 0.2) is 0 Å². The molecule has 2 aromatic rings. The van der Waals surface area contributed by atoms with E-state index in [0.717, 1.165) is 5.56 Å². The van der Waals surface area contributed by atoms with Crippen LogP contribution in [0.5, 0.6) is 0 Å². The number of amides is 1. The summed E-state index contributed by atoms with van der Waals surface area (Å²) < 4.78 is 31.7. The second-order valence-corrected chi connectivity index (χ2v) is 8.30. The number of sulfonamides is 1. The lowest BCUT2D eigenvalue weighted by Crippen LogP contribution is -2.32. The molecular weight excluding hydrogens is 404 g/mol. The molecule has 1 aromatic carbocycles. The van der Waals surface area contributed by atoms with E-state index in [1.54, 1.807) is 4.90 Å². The molecule has 0 spiro atoms. The van der Waals surface area contributed by atoms with Crippen LogP contribution >= 0.6 is 12.4 Å². The number of ether oxygens (including phenoxy) is 1. The highest BCUT2D eigenvalue weighted by atomic mass is 35.5. The van der Waals surface area contributed by atoms with Crippen LogP contribution in [0.25, 0.3) is 0 Å². The molecular formula is C18H25ClN4O4S. The molecule has 154 valence electrons. The fraction of sp³-hybridized carbons (Fsp3) is 0.389. The van der Waals surface area contributed by atoms with Crippen LogP contribution in [-0.2, 0) is 14.8 Å². The zero-order chi connectivity index (χ0) is 19.4. The lowest BCUT2D eigenvalue weighted by Gasteiger charge is -2.15. The summed E-state index contributed by atoms with van der Waals surface area (Å²) in [6.07, 6.45) is 1.31. The molecule has 28 heavy (non-hydrogen) atoms. The molecule has 10 heteroatoms. The third-order valence-corrected chi connectivity index (χ3v) is 6.12. The van der Waals surface area contributed by atoms with Gasteiger partial charge in [-0.15, -0.1) is 12.4 Å². The van der Waals surface area contributed by atoms with Gasteiger partial charge >= 0.3 is 0 Å². The molecule has 0 unspecified atom stereocenters. The number of carbonyl (C=O) groups is 1. The summed E-state index contributed by atoms with van der Waals surface area (Å²) in [6.45, 7) is 1.35. The van der Waals surface area contributed by atoms with Crippen molar-refractivity contribution in [2.24, 2.45) is 5.73 Å². The Balaban J connectivity index is 0.00000280. The molecule has 1 aliphatic rings. The van der Waals surface area contributed by atoms with Gasteiger partial charge in [-0.1, -0.05) is 30.3 Å². The maximum absolute atomic E-state index is 12.8. The van der Waals surface area contributed by atoms with E-state index in [1.165, 1.54) is 19.4 Å². The number of rotatable bonds is 7. The molecule has 1 saturated heterocycles. The predicted octanol–water partition coefficient (Wildman–Crippen LogP) is 0.928. The number of H-pyrrole nitrogens is 1. The summed E-state index contributed by atoms with van der Waals surface area (Å²) in [7, 11) is -2.20. The Morgan fingerprint density at radius 2 is 2.04 bits per heavy atom. The van der Waals surface area contributed by atoms with Gasteiger partial charge in [-0.25, -0.2) is 13.1 Å². The average molecular weight is 429 g/mol. The lowest BCUT2D eigenvalue weighted by atomic mass is 9.95. The van der Waals surface area contributed by atoms with Crippen molar-refractivity contribution in [3.05, 3.63) is 53.9 Å². The number of hydrogen-bond acceptors (Lipinski definition) is 5. The molecule has 1 aromatic heterocycles. The third-order valence-electron chi connectivity index (χ3n) is 4.68. The van der Waals surface area contributed by atoms with Crippen LogP contribution < -0.4 is 10.5 Å². The highest BCUT2D eigenvalue weighted by Crippen LogP contribution is 2.27. The number of nitrogens with two attached hydrogens (primary N) is 1. The van der Waals surface area contributed by atoms with Gasteiger partial charge in [-0.2, -0.15) is 0 Å². The second-order valence-electron chi connectivity index (χ2n) is 6.53. The van der Waals surface area contributed by atoms with Crippen molar-refractivity contribution < 1.29 is 17.9 Å². The highest BCUT2D eigenvalue weighted by Gasteiger charge is 2.34. The Kier molecular flexibility index (Phi) is 7.62. The van der Waals surface area contributed by atoms with Gasteiger partial charge < -0.3 is 20.4 Å². The summed E-state index contributed by atoms with van der Waals surface area (Å²) in [5.74, 6) is -0.203. The first-order valence-electron chi connectivity index (χ1n) is 8.69. The Morgan fingerprint density at radius 1 is 1.32 bits per heavy atom. The normalized spacial score (nSPS) is 19.4. The highest BCUT2D eigenvalue weighted by molar-refractivity contribution is 7.89. The number of halogens is 1. The van der Waals surface area contributed by atoms with Crippen LogP contribution in [0.4, 0.5) is 0 Å². The monoisotopic (exact) mass is 428 g/mol. The van der Waals surface area contributed by atoms with Crippen LogP contribution in [0.15, 0.2) is 47.5 Å². The molecule has 3 rings (SSSR count). The fourth-order valence-electron chi connectivity index (χ4n) is 3.23. The van der Waals surface area contributed by atoms with E-state index in [1.807, 2.05) is 30.3 Å². The average Bonchev–Trinajstić information content (AvgIpc) is 3.29. The summed E-state index contributed by atoms with van der Waals surface area (Å²) in [5, 5.41) is 0. The zero-order valence-electron chi connectivity index (χ0n) is 15.5. The summed E-state index contributed by atoms with van der Waals surface area (Å²) >= 11 is 0. The van der Waals surface area contributed by atoms with Crippen LogP contribution in [-0.4, -0.2) is 63.6 Å². The zero-order valence-corrected chi connectivity index (χ0v) is 17.1. The first-order chi connectivity index (χ1) is 12.9. The molecule has 1 amide bonds. The standard InChI is InChI=1S/C18H24N4O4S.ClH/c1-26-8-7-21-27(24,25)14-9-17(20-10-14)18(23)22-11-15(16(19)12-22)13-5-3-2-4-6-13;/h2-6,9-10,15-16,20-21H,7-8,11-12,19H2,1H3;1H/t15-,16+;/m0./s1.